The summed E-state index contributed by atoms with van der Waals surface area (Å²) in [7, 11) is 3.90. The molecule has 0 amide bonds. The normalized spacial score (nSPS) is 13.8. The third-order valence-corrected chi connectivity index (χ3v) is 3.19. The number of halogens is 1. The van der Waals surface area contributed by atoms with E-state index < -0.39 is 0 Å². The van der Waals surface area contributed by atoms with Crippen molar-refractivity contribution < 1.29 is 5.11 Å². The van der Waals surface area contributed by atoms with Crippen LogP contribution >= 0.6 is 27.3 Å². The fourth-order valence-electron chi connectivity index (χ4n) is 0.943. The highest BCUT2D eigenvalue weighted by Gasteiger charge is 2.10. The Balaban J connectivity index is 2.58. The standard InChI is InChI=1S/C8H12BrNOS/c1-10(2)5-6(11)7-3-4-8(9)12-7/h3-4,6,11H,5H2,1-2H3. The minimum atomic E-state index is -0.365. The Morgan fingerprint density at radius 1 is 1.58 bits per heavy atom. The first-order chi connectivity index (χ1) is 5.59. The van der Waals surface area contributed by atoms with Crippen LogP contribution in [0.3, 0.4) is 0 Å². The van der Waals surface area contributed by atoms with E-state index in [0.717, 1.165) is 8.66 Å². The van der Waals surface area contributed by atoms with Crippen LogP contribution in [0.15, 0.2) is 15.9 Å². The first-order valence-electron chi connectivity index (χ1n) is 3.67. The number of thiophene rings is 1. The molecule has 1 heterocycles. The van der Waals surface area contributed by atoms with Gasteiger partial charge in [0.15, 0.2) is 0 Å². The van der Waals surface area contributed by atoms with Crippen LogP contribution in [-0.2, 0) is 0 Å². The monoisotopic (exact) mass is 249 g/mol. The fourth-order valence-corrected chi connectivity index (χ4v) is 2.34. The van der Waals surface area contributed by atoms with E-state index in [1.165, 1.54) is 0 Å². The van der Waals surface area contributed by atoms with E-state index in [9.17, 15) is 5.11 Å². The van der Waals surface area contributed by atoms with E-state index in [4.69, 9.17) is 0 Å². The minimum Gasteiger partial charge on any atom is -0.386 e. The quantitative estimate of drug-likeness (QED) is 0.888. The van der Waals surface area contributed by atoms with Crippen LogP contribution in [0.4, 0.5) is 0 Å². The van der Waals surface area contributed by atoms with Gasteiger partial charge in [0.2, 0.25) is 0 Å². The molecule has 1 aromatic rings. The third kappa shape index (κ3) is 2.86. The highest BCUT2D eigenvalue weighted by Crippen LogP contribution is 2.27. The Hall–Kier alpha value is 0.1000. The summed E-state index contributed by atoms with van der Waals surface area (Å²) in [5, 5.41) is 9.65. The van der Waals surface area contributed by atoms with Crippen molar-refractivity contribution in [3.8, 4) is 0 Å². The van der Waals surface area contributed by atoms with Crippen molar-refractivity contribution in [2.75, 3.05) is 20.6 Å². The Kier molecular flexibility index (Phi) is 3.71. The number of likely N-dealkylation sites (N-methyl/N-ethyl adjacent to an activating group) is 1. The number of aliphatic hydroxyl groups excluding tert-OH is 1. The summed E-state index contributed by atoms with van der Waals surface area (Å²) in [6.07, 6.45) is -0.365. The van der Waals surface area contributed by atoms with Crippen molar-refractivity contribution in [2.45, 2.75) is 6.10 Å². The molecule has 12 heavy (non-hydrogen) atoms. The molecule has 2 nitrogen and oxygen atoms in total. The predicted octanol–water partition coefficient (Wildman–Crippen LogP) is 2.11. The summed E-state index contributed by atoms with van der Waals surface area (Å²) in [5.74, 6) is 0. The van der Waals surface area contributed by atoms with Crippen LogP contribution in [0, 0.1) is 0 Å². The lowest BCUT2D eigenvalue weighted by molar-refractivity contribution is 0.141. The average Bonchev–Trinajstić information content (AvgIpc) is 2.34. The van der Waals surface area contributed by atoms with E-state index >= 15 is 0 Å². The highest BCUT2D eigenvalue weighted by atomic mass is 79.9. The molecule has 1 aromatic heterocycles. The zero-order valence-corrected chi connectivity index (χ0v) is 9.52. The van der Waals surface area contributed by atoms with E-state index in [1.54, 1.807) is 11.3 Å². The molecule has 1 unspecified atom stereocenters. The van der Waals surface area contributed by atoms with Gasteiger partial charge in [-0.3, -0.25) is 0 Å². The summed E-state index contributed by atoms with van der Waals surface area (Å²) in [6.45, 7) is 0.674. The molecule has 4 heteroatoms. The lowest BCUT2D eigenvalue weighted by Crippen LogP contribution is -2.19. The van der Waals surface area contributed by atoms with Crippen molar-refractivity contribution in [1.29, 1.82) is 0 Å². The molecule has 0 spiro atoms. The van der Waals surface area contributed by atoms with Gasteiger partial charge < -0.3 is 10.0 Å². The number of nitrogens with zero attached hydrogens (tertiary/aromatic N) is 1. The summed E-state index contributed by atoms with van der Waals surface area (Å²) in [5.41, 5.74) is 0. The number of aliphatic hydroxyl groups is 1. The molecule has 1 N–H and O–H groups in total. The number of hydrogen-bond donors (Lipinski definition) is 1. The second-order valence-electron chi connectivity index (χ2n) is 2.92. The molecule has 1 atom stereocenters. The van der Waals surface area contributed by atoms with Crippen LogP contribution in [0.25, 0.3) is 0 Å². The van der Waals surface area contributed by atoms with E-state index in [1.807, 2.05) is 31.1 Å². The third-order valence-electron chi connectivity index (χ3n) is 1.46. The zero-order valence-electron chi connectivity index (χ0n) is 7.12. The lowest BCUT2D eigenvalue weighted by atomic mass is 10.3. The summed E-state index contributed by atoms with van der Waals surface area (Å²) in [6, 6.07) is 3.90. The Bertz CT molecular complexity index is 249. The second kappa shape index (κ2) is 4.37. The summed E-state index contributed by atoms with van der Waals surface area (Å²) in [4.78, 5) is 2.98. The summed E-state index contributed by atoms with van der Waals surface area (Å²) < 4.78 is 1.07. The molecule has 0 aromatic carbocycles. The van der Waals surface area contributed by atoms with Gasteiger partial charge in [0.05, 0.1) is 3.79 Å². The highest BCUT2D eigenvalue weighted by molar-refractivity contribution is 9.11. The molecule has 0 bridgehead atoms. The smallest absolute Gasteiger partial charge is 0.101 e. The first kappa shape index (κ1) is 10.2. The van der Waals surface area contributed by atoms with Crippen LogP contribution in [-0.4, -0.2) is 30.6 Å². The fraction of sp³-hybridized carbons (Fsp3) is 0.500. The molecule has 0 saturated carbocycles. The van der Waals surface area contributed by atoms with E-state index in [0.29, 0.717) is 6.54 Å². The van der Waals surface area contributed by atoms with Crippen LogP contribution < -0.4 is 0 Å². The van der Waals surface area contributed by atoms with Gasteiger partial charge in [-0.05, 0) is 42.2 Å². The average molecular weight is 250 g/mol. The molecule has 0 aliphatic rings. The van der Waals surface area contributed by atoms with Crippen LogP contribution in [0.2, 0.25) is 0 Å². The van der Waals surface area contributed by atoms with Gasteiger partial charge in [0, 0.05) is 11.4 Å². The van der Waals surface area contributed by atoms with Gasteiger partial charge >= 0.3 is 0 Å². The maximum Gasteiger partial charge on any atom is 0.101 e. The Morgan fingerprint density at radius 3 is 2.67 bits per heavy atom. The van der Waals surface area contributed by atoms with Gasteiger partial charge in [0.1, 0.15) is 6.10 Å². The Labute approximate surface area is 85.0 Å². The Morgan fingerprint density at radius 2 is 2.25 bits per heavy atom. The molecule has 0 aliphatic heterocycles. The molecule has 0 radical (unpaired) electrons. The first-order valence-corrected chi connectivity index (χ1v) is 5.28. The topological polar surface area (TPSA) is 23.5 Å². The van der Waals surface area contributed by atoms with Gasteiger partial charge in [-0.15, -0.1) is 11.3 Å². The molecule has 1 rings (SSSR count). The number of hydrogen-bond acceptors (Lipinski definition) is 3. The maximum absolute atomic E-state index is 9.65. The molecular formula is C8H12BrNOS. The minimum absolute atomic E-state index is 0.365. The van der Waals surface area contributed by atoms with Gasteiger partial charge in [-0.1, -0.05) is 0 Å². The predicted molar refractivity (Wildman–Crippen MR) is 55.5 cm³/mol. The van der Waals surface area contributed by atoms with Crippen molar-refractivity contribution in [3.63, 3.8) is 0 Å². The number of rotatable bonds is 3. The van der Waals surface area contributed by atoms with Crippen molar-refractivity contribution >= 4 is 27.3 Å². The van der Waals surface area contributed by atoms with Crippen molar-refractivity contribution in [1.82, 2.24) is 4.90 Å². The molecule has 0 aliphatic carbocycles. The maximum atomic E-state index is 9.65. The molecule has 68 valence electrons. The van der Waals surface area contributed by atoms with Crippen LogP contribution in [0.5, 0.6) is 0 Å². The molecular weight excluding hydrogens is 238 g/mol. The molecule has 0 fully saturated rings. The van der Waals surface area contributed by atoms with Gasteiger partial charge in [-0.2, -0.15) is 0 Å². The van der Waals surface area contributed by atoms with Gasteiger partial charge in [-0.25, -0.2) is 0 Å². The zero-order chi connectivity index (χ0) is 9.14. The van der Waals surface area contributed by atoms with Crippen molar-refractivity contribution in [3.05, 3.63) is 20.8 Å². The molecule has 0 saturated heterocycles. The van der Waals surface area contributed by atoms with Crippen molar-refractivity contribution in [2.24, 2.45) is 0 Å². The van der Waals surface area contributed by atoms with E-state index in [-0.39, 0.29) is 6.10 Å². The summed E-state index contributed by atoms with van der Waals surface area (Å²) >= 11 is 4.94. The largest absolute Gasteiger partial charge is 0.386 e. The van der Waals surface area contributed by atoms with Gasteiger partial charge in [0.25, 0.3) is 0 Å². The van der Waals surface area contributed by atoms with Crippen LogP contribution in [0.1, 0.15) is 11.0 Å². The van der Waals surface area contributed by atoms with E-state index in [2.05, 4.69) is 15.9 Å². The SMILES string of the molecule is CN(C)CC(O)c1ccc(Br)s1. The second-order valence-corrected chi connectivity index (χ2v) is 5.41. The lowest BCUT2D eigenvalue weighted by Gasteiger charge is -2.13.